The molecule has 1 spiro atoms. The third-order valence-corrected chi connectivity index (χ3v) is 7.58. The van der Waals surface area contributed by atoms with Gasteiger partial charge in [-0.25, -0.2) is 12.8 Å². The Hall–Kier alpha value is -2.13. The molecule has 0 aromatic heterocycles. The monoisotopic (exact) mass is 465 g/mol. The van der Waals surface area contributed by atoms with Crippen LogP contribution in [0.15, 0.2) is 30.0 Å². The molecule has 3 N–H and O–H groups in total. The summed E-state index contributed by atoms with van der Waals surface area (Å²) in [5, 5.41) is 2.76. The van der Waals surface area contributed by atoms with E-state index in [2.05, 4.69) is 15.5 Å². The molecule has 0 saturated heterocycles. The highest BCUT2D eigenvalue weighted by atomic mass is 32.2. The first-order valence-corrected chi connectivity index (χ1v) is 13.3. The predicted octanol–water partition coefficient (Wildman–Crippen LogP) is 3.74. The number of hydrogen-bond acceptors (Lipinski definition) is 5. The second-order valence-corrected chi connectivity index (χ2v) is 11.2. The summed E-state index contributed by atoms with van der Waals surface area (Å²) < 4.78 is 38.8. The van der Waals surface area contributed by atoms with Crippen molar-refractivity contribution in [1.29, 1.82) is 0 Å². The minimum absolute atomic E-state index is 0.116. The molecule has 1 aromatic rings. The molecule has 0 bridgehead atoms. The van der Waals surface area contributed by atoms with Crippen LogP contribution < -0.4 is 15.5 Å². The number of sulfonamides is 1. The lowest BCUT2D eigenvalue weighted by molar-refractivity contribution is -0.120. The molecule has 1 aromatic carbocycles. The highest BCUT2D eigenvalue weighted by Gasteiger charge is 2.42. The van der Waals surface area contributed by atoms with Gasteiger partial charge in [0.25, 0.3) is 5.91 Å². The molecular weight excluding hydrogens is 433 g/mol. The number of benzene rings is 1. The normalized spacial score (nSPS) is 26.4. The molecule has 176 valence electrons. The molecule has 0 atom stereocenters. The van der Waals surface area contributed by atoms with Crippen molar-refractivity contribution in [3.63, 3.8) is 0 Å². The second kappa shape index (κ2) is 9.39. The maximum Gasteiger partial charge on any atom is 0.269 e. The minimum Gasteiger partial charge on any atom is -0.347 e. The number of carbonyl (C=O) groups is 1. The topological polar surface area (TPSA) is 96.5 Å². The molecule has 1 amide bonds. The number of hydroxylamine groups is 1. The molecule has 32 heavy (non-hydrogen) atoms. The number of hydrogen-bond donors (Lipinski definition) is 3. The van der Waals surface area contributed by atoms with Crippen molar-refractivity contribution in [2.45, 2.75) is 69.9 Å². The van der Waals surface area contributed by atoms with E-state index in [0.717, 1.165) is 43.8 Å². The van der Waals surface area contributed by atoms with Crippen molar-refractivity contribution >= 4 is 21.6 Å². The fraction of sp³-hybridized carbons (Fsp3) is 0.609. The Kier molecular flexibility index (Phi) is 6.76. The van der Waals surface area contributed by atoms with Gasteiger partial charge in [0.05, 0.1) is 11.9 Å². The van der Waals surface area contributed by atoms with Crippen LogP contribution in [0.1, 0.15) is 63.4 Å². The van der Waals surface area contributed by atoms with Crippen molar-refractivity contribution in [2.75, 3.05) is 11.0 Å². The lowest BCUT2D eigenvalue weighted by Gasteiger charge is -2.39. The van der Waals surface area contributed by atoms with E-state index >= 15 is 0 Å². The Balaban J connectivity index is 1.30. The minimum atomic E-state index is -3.56. The molecular formula is C23H32FN3O4S. The van der Waals surface area contributed by atoms with Crippen molar-refractivity contribution in [2.24, 2.45) is 11.8 Å². The predicted molar refractivity (Wildman–Crippen MR) is 120 cm³/mol. The third-order valence-electron chi connectivity index (χ3n) is 6.99. The van der Waals surface area contributed by atoms with Crippen LogP contribution in [-0.4, -0.2) is 26.2 Å². The molecule has 3 aliphatic rings. The summed E-state index contributed by atoms with van der Waals surface area (Å²) >= 11 is 0. The van der Waals surface area contributed by atoms with Crippen LogP contribution in [-0.2, 0) is 26.2 Å². The van der Waals surface area contributed by atoms with Gasteiger partial charge in [0.2, 0.25) is 10.0 Å². The molecule has 9 heteroatoms. The highest BCUT2D eigenvalue weighted by molar-refractivity contribution is 7.92. The molecule has 0 radical (unpaired) electrons. The Labute approximate surface area is 189 Å². The van der Waals surface area contributed by atoms with E-state index in [1.807, 2.05) is 6.08 Å². The summed E-state index contributed by atoms with van der Waals surface area (Å²) in [7, 11) is -3.56. The average molecular weight is 466 g/mol. The fourth-order valence-corrected chi connectivity index (χ4v) is 5.84. The van der Waals surface area contributed by atoms with Crippen LogP contribution in [0, 0.1) is 17.7 Å². The average Bonchev–Trinajstić information content (AvgIpc) is 3.18. The number of carbonyl (C=O) groups excluding carboxylic acids is 1. The summed E-state index contributed by atoms with van der Waals surface area (Å²) in [4.78, 5) is 18.4. The molecule has 7 nitrogen and oxygen atoms in total. The fourth-order valence-electron chi connectivity index (χ4n) is 5.27. The zero-order chi connectivity index (χ0) is 22.8. The second-order valence-electron chi connectivity index (χ2n) is 9.43. The summed E-state index contributed by atoms with van der Waals surface area (Å²) in [6.07, 6.45) is 13.7. The first-order valence-electron chi connectivity index (χ1n) is 11.4. The van der Waals surface area contributed by atoms with E-state index in [-0.39, 0.29) is 18.1 Å². The maximum absolute atomic E-state index is 14.1. The van der Waals surface area contributed by atoms with Crippen molar-refractivity contribution < 1.29 is 22.4 Å². The molecule has 2 saturated carbocycles. The highest BCUT2D eigenvalue weighted by Crippen LogP contribution is 2.44. The van der Waals surface area contributed by atoms with Gasteiger partial charge in [-0.05, 0) is 61.3 Å². The Bertz CT molecular complexity index is 981. The molecule has 4 rings (SSSR count). The van der Waals surface area contributed by atoms with Gasteiger partial charge in [0.15, 0.2) is 0 Å². The number of rotatable bonds is 6. The summed E-state index contributed by atoms with van der Waals surface area (Å²) in [6.45, 7) is 0.116. The summed E-state index contributed by atoms with van der Waals surface area (Å²) in [5.74, 6) is 0.611. The van der Waals surface area contributed by atoms with Gasteiger partial charge in [-0.1, -0.05) is 38.2 Å². The molecule has 2 fully saturated rings. The Morgan fingerprint density at radius 1 is 1.16 bits per heavy atom. The lowest BCUT2D eigenvalue weighted by atomic mass is 9.69. The van der Waals surface area contributed by atoms with E-state index in [9.17, 15) is 17.6 Å². The van der Waals surface area contributed by atoms with Crippen LogP contribution in [0.2, 0.25) is 0 Å². The van der Waals surface area contributed by atoms with Gasteiger partial charge >= 0.3 is 0 Å². The van der Waals surface area contributed by atoms with E-state index in [1.54, 1.807) is 6.07 Å². The molecule has 0 unspecified atom stereocenters. The van der Waals surface area contributed by atoms with E-state index in [4.69, 9.17) is 4.84 Å². The number of halogens is 1. The van der Waals surface area contributed by atoms with Crippen molar-refractivity contribution in [3.05, 3.63) is 41.4 Å². The third kappa shape index (κ3) is 5.61. The van der Waals surface area contributed by atoms with Crippen LogP contribution in [0.3, 0.4) is 0 Å². The van der Waals surface area contributed by atoms with Crippen LogP contribution in [0.25, 0.3) is 0 Å². The summed E-state index contributed by atoms with van der Waals surface area (Å²) in [5.41, 5.74) is 3.17. The van der Waals surface area contributed by atoms with Gasteiger partial charge in [-0.15, -0.1) is 0 Å². The molecule has 1 heterocycles. The van der Waals surface area contributed by atoms with Gasteiger partial charge in [0.1, 0.15) is 17.1 Å². The summed E-state index contributed by atoms with van der Waals surface area (Å²) in [6, 6.07) is 4.11. The standard InChI is InChI=1S/C23H32FN3O4S/c1-32(29,30)27-20-8-7-16(13-19(20)24)15-25-22(28)21-14-23(31-26-21)11-9-18(10-12-23)17-5-3-2-4-6-17/h7-8,13-14,17-18,26-27H,2-6,9-12,15H2,1H3,(H,25,28). The van der Waals surface area contributed by atoms with Gasteiger partial charge in [-0.3, -0.25) is 19.8 Å². The molecule has 1 aliphatic heterocycles. The van der Waals surface area contributed by atoms with Gasteiger partial charge < -0.3 is 5.32 Å². The molecule has 2 aliphatic carbocycles. The van der Waals surface area contributed by atoms with E-state index < -0.39 is 21.4 Å². The first kappa shape index (κ1) is 23.0. The lowest BCUT2D eigenvalue weighted by Crippen LogP contribution is -2.36. The van der Waals surface area contributed by atoms with Crippen LogP contribution >= 0.6 is 0 Å². The van der Waals surface area contributed by atoms with Crippen molar-refractivity contribution in [3.8, 4) is 0 Å². The smallest absolute Gasteiger partial charge is 0.269 e. The van der Waals surface area contributed by atoms with Gasteiger partial charge in [-0.2, -0.15) is 0 Å². The SMILES string of the molecule is CS(=O)(=O)Nc1ccc(CNC(=O)C2=CC3(CCC(C4CCCCC4)CC3)ON2)cc1F. The zero-order valence-corrected chi connectivity index (χ0v) is 19.3. The quantitative estimate of drug-likeness (QED) is 0.595. The van der Waals surface area contributed by atoms with Crippen LogP contribution in [0.5, 0.6) is 0 Å². The Morgan fingerprint density at radius 2 is 1.84 bits per heavy atom. The first-order chi connectivity index (χ1) is 15.2. The largest absolute Gasteiger partial charge is 0.347 e. The van der Waals surface area contributed by atoms with Gasteiger partial charge in [0, 0.05) is 6.54 Å². The number of nitrogens with one attached hydrogen (secondary N) is 3. The van der Waals surface area contributed by atoms with E-state index in [0.29, 0.717) is 11.3 Å². The van der Waals surface area contributed by atoms with Crippen molar-refractivity contribution in [1.82, 2.24) is 10.8 Å². The maximum atomic E-state index is 14.1. The van der Waals surface area contributed by atoms with Crippen LogP contribution in [0.4, 0.5) is 10.1 Å². The number of anilines is 1. The zero-order valence-electron chi connectivity index (χ0n) is 18.5. The number of amides is 1. The Morgan fingerprint density at radius 3 is 2.50 bits per heavy atom. The van der Waals surface area contributed by atoms with E-state index in [1.165, 1.54) is 44.2 Å².